The predicted molar refractivity (Wildman–Crippen MR) is 132 cm³/mol. The van der Waals surface area contributed by atoms with Crippen LogP contribution < -0.4 is 5.32 Å². The van der Waals surface area contributed by atoms with E-state index in [0.717, 1.165) is 44.4 Å². The lowest BCUT2D eigenvalue weighted by atomic mass is 9.92. The lowest BCUT2D eigenvalue weighted by Crippen LogP contribution is -2.17. The standard InChI is InChI=1S/C26H28N4OS/c1-17-11-13-20(14-12-17)27-22(31)16-32-23-15-21(26(3,4)5)28-25-24(18(2)29-30(23)25)19-9-7-6-8-10-19/h6-15H,16H2,1-5H3,(H,27,31). The van der Waals surface area contributed by atoms with Crippen LogP contribution in [0.5, 0.6) is 0 Å². The minimum Gasteiger partial charge on any atom is -0.325 e. The Morgan fingerprint density at radius 2 is 1.72 bits per heavy atom. The summed E-state index contributed by atoms with van der Waals surface area (Å²) in [5, 5.41) is 8.66. The Kier molecular flexibility index (Phi) is 6.07. The smallest absolute Gasteiger partial charge is 0.234 e. The van der Waals surface area contributed by atoms with Gasteiger partial charge in [0.1, 0.15) is 5.03 Å². The van der Waals surface area contributed by atoms with E-state index in [-0.39, 0.29) is 17.1 Å². The number of aromatic nitrogens is 3. The van der Waals surface area contributed by atoms with Crippen molar-refractivity contribution in [3.05, 3.63) is 77.6 Å². The maximum Gasteiger partial charge on any atom is 0.234 e. The van der Waals surface area contributed by atoms with E-state index >= 15 is 0 Å². The van der Waals surface area contributed by atoms with E-state index in [1.165, 1.54) is 11.8 Å². The highest BCUT2D eigenvalue weighted by molar-refractivity contribution is 7.99. The number of thioether (sulfide) groups is 1. The highest BCUT2D eigenvalue weighted by atomic mass is 32.2. The zero-order chi connectivity index (χ0) is 22.9. The first kappa shape index (κ1) is 22.1. The second-order valence-electron chi connectivity index (χ2n) is 8.99. The van der Waals surface area contributed by atoms with Gasteiger partial charge in [-0.05, 0) is 37.6 Å². The van der Waals surface area contributed by atoms with Crippen molar-refractivity contribution in [3.8, 4) is 11.1 Å². The number of rotatable bonds is 5. The van der Waals surface area contributed by atoms with Crippen LogP contribution in [0, 0.1) is 13.8 Å². The van der Waals surface area contributed by atoms with Crippen molar-refractivity contribution < 1.29 is 4.79 Å². The van der Waals surface area contributed by atoms with E-state index < -0.39 is 0 Å². The Hall–Kier alpha value is -3.12. The predicted octanol–water partition coefficient (Wildman–Crippen LogP) is 6.04. The van der Waals surface area contributed by atoms with Gasteiger partial charge in [0.2, 0.25) is 5.91 Å². The average molecular weight is 445 g/mol. The summed E-state index contributed by atoms with van der Waals surface area (Å²) in [6.07, 6.45) is 0. The summed E-state index contributed by atoms with van der Waals surface area (Å²) in [5.74, 6) is 0.240. The number of carbonyl (C=O) groups is 1. The summed E-state index contributed by atoms with van der Waals surface area (Å²) < 4.78 is 1.87. The molecule has 2 aromatic heterocycles. The Morgan fingerprint density at radius 1 is 1.03 bits per heavy atom. The normalized spacial score (nSPS) is 11.7. The van der Waals surface area contributed by atoms with Crippen LogP contribution >= 0.6 is 11.8 Å². The molecule has 0 saturated carbocycles. The van der Waals surface area contributed by atoms with Crippen LogP contribution in [0.4, 0.5) is 5.69 Å². The molecule has 0 bridgehead atoms. The molecule has 4 rings (SSSR count). The molecule has 5 nitrogen and oxygen atoms in total. The molecule has 4 aromatic rings. The molecule has 0 aliphatic carbocycles. The molecule has 1 N–H and O–H groups in total. The number of nitrogens with zero attached hydrogens (tertiary/aromatic N) is 3. The van der Waals surface area contributed by atoms with Crippen molar-refractivity contribution in [1.29, 1.82) is 0 Å². The quantitative estimate of drug-likeness (QED) is 0.301. The second-order valence-corrected chi connectivity index (χ2v) is 9.99. The van der Waals surface area contributed by atoms with Crippen molar-refractivity contribution in [2.24, 2.45) is 0 Å². The monoisotopic (exact) mass is 444 g/mol. The maximum atomic E-state index is 12.6. The van der Waals surface area contributed by atoms with Gasteiger partial charge >= 0.3 is 0 Å². The lowest BCUT2D eigenvalue weighted by molar-refractivity contribution is -0.113. The minimum absolute atomic E-state index is 0.0479. The van der Waals surface area contributed by atoms with Gasteiger partial charge in [-0.2, -0.15) is 5.10 Å². The highest BCUT2D eigenvalue weighted by Crippen LogP contribution is 2.33. The van der Waals surface area contributed by atoms with E-state index in [0.29, 0.717) is 0 Å². The van der Waals surface area contributed by atoms with E-state index in [9.17, 15) is 4.79 Å². The minimum atomic E-state index is -0.132. The molecule has 0 aliphatic heterocycles. The van der Waals surface area contributed by atoms with E-state index in [2.05, 4.69) is 44.3 Å². The van der Waals surface area contributed by atoms with Crippen LogP contribution in [0.25, 0.3) is 16.8 Å². The van der Waals surface area contributed by atoms with E-state index in [1.807, 2.05) is 60.8 Å². The molecule has 0 unspecified atom stereocenters. The van der Waals surface area contributed by atoms with Crippen molar-refractivity contribution in [3.63, 3.8) is 0 Å². The summed E-state index contributed by atoms with van der Waals surface area (Å²) >= 11 is 1.48. The third-order valence-corrected chi connectivity index (χ3v) is 6.24. The number of hydrogen-bond donors (Lipinski definition) is 1. The highest BCUT2D eigenvalue weighted by Gasteiger charge is 2.22. The number of aryl methyl sites for hydroxylation is 2. The Bertz CT molecular complexity index is 1260. The Labute approximate surface area is 193 Å². The summed E-state index contributed by atoms with van der Waals surface area (Å²) in [6.45, 7) is 10.5. The van der Waals surface area contributed by atoms with Gasteiger partial charge in [0.15, 0.2) is 5.65 Å². The van der Waals surface area contributed by atoms with Gasteiger partial charge < -0.3 is 5.32 Å². The van der Waals surface area contributed by atoms with Crippen molar-refractivity contribution in [2.45, 2.75) is 45.1 Å². The van der Waals surface area contributed by atoms with E-state index in [4.69, 9.17) is 10.1 Å². The third kappa shape index (κ3) is 4.70. The molecule has 164 valence electrons. The molecule has 0 atom stereocenters. The van der Waals surface area contributed by atoms with E-state index in [1.54, 1.807) is 0 Å². The number of fused-ring (bicyclic) bond motifs is 1. The van der Waals surface area contributed by atoms with Gasteiger partial charge in [0.25, 0.3) is 0 Å². The molecule has 1 amide bonds. The van der Waals surface area contributed by atoms with Gasteiger partial charge in [-0.25, -0.2) is 9.50 Å². The largest absolute Gasteiger partial charge is 0.325 e. The van der Waals surface area contributed by atoms with Crippen LogP contribution in [0.2, 0.25) is 0 Å². The molecule has 0 fully saturated rings. The molecule has 0 spiro atoms. The van der Waals surface area contributed by atoms with Gasteiger partial charge in [-0.15, -0.1) is 0 Å². The number of carbonyl (C=O) groups excluding carboxylic acids is 1. The lowest BCUT2D eigenvalue weighted by Gasteiger charge is -2.19. The molecule has 32 heavy (non-hydrogen) atoms. The molecule has 0 aliphatic rings. The van der Waals surface area contributed by atoms with Gasteiger partial charge in [0.05, 0.1) is 17.1 Å². The molecule has 0 radical (unpaired) electrons. The molecule has 6 heteroatoms. The number of anilines is 1. The number of hydrogen-bond acceptors (Lipinski definition) is 4. The summed E-state index contributed by atoms with van der Waals surface area (Å²) in [7, 11) is 0. The molecule has 0 saturated heterocycles. The van der Waals surface area contributed by atoms with Gasteiger partial charge in [0, 0.05) is 16.7 Å². The third-order valence-electron chi connectivity index (χ3n) is 5.25. The zero-order valence-electron chi connectivity index (χ0n) is 19.1. The van der Waals surface area contributed by atoms with Crippen LogP contribution in [-0.4, -0.2) is 26.3 Å². The fraction of sp³-hybridized carbons (Fsp3) is 0.269. The number of benzene rings is 2. The number of nitrogens with one attached hydrogen (secondary N) is 1. The van der Waals surface area contributed by atoms with Gasteiger partial charge in [-0.1, -0.05) is 80.6 Å². The maximum absolute atomic E-state index is 12.6. The second kappa shape index (κ2) is 8.79. The Morgan fingerprint density at radius 3 is 2.38 bits per heavy atom. The van der Waals surface area contributed by atoms with Crippen molar-refractivity contribution >= 4 is 29.0 Å². The van der Waals surface area contributed by atoms with Gasteiger partial charge in [-0.3, -0.25) is 4.79 Å². The summed E-state index contributed by atoms with van der Waals surface area (Å²) in [6, 6.07) is 20.1. The topological polar surface area (TPSA) is 59.3 Å². The molecular weight excluding hydrogens is 416 g/mol. The van der Waals surface area contributed by atoms with Crippen LogP contribution in [0.15, 0.2) is 65.7 Å². The molecule has 2 heterocycles. The van der Waals surface area contributed by atoms with Crippen LogP contribution in [0.1, 0.15) is 37.7 Å². The first-order chi connectivity index (χ1) is 15.2. The number of amides is 1. The van der Waals surface area contributed by atoms with Crippen LogP contribution in [-0.2, 0) is 10.2 Å². The average Bonchev–Trinajstić information content (AvgIpc) is 3.09. The Balaban J connectivity index is 1.68. The first-order valence-corrected chi connectivity index (χ1v) is 11.7. The molecule has 2 aromatic carbocycles. The van der Waals surface area contributed by atoms with Crippen molar-refractivity contribution in [1.82, 2.24) is 14.6 Å². The first-order valence-electron chi connectivity index (χ1n) is 10.7. The fourth-order valence-corrected chi connectivity index (χ4v) is 4.30. The molecular formula is C26H28N4OS. The summed E-state index contributed by atoms with van der Waals surface area (Å²) in [4.78, 5) is 17.6. The zero-order valence-corrected chi connectivity index (χ0v) is 20.0. The van der Waals surface area contributed by atoms with Crippen molar-refractivity contribution in [2.75, 3.05) is 11.1 Å². The fourth-order valence-electron chi connectivity index (χ4n) is 3.50. The summed E-state index contributed by atoms with van der Waals surface area (Å²) in [5.41, 5.74) is 6.67. The SMILES string of the molecule is Cc1ccc(NC(=O)CSc2cc(C(C)(C)C)nc3c(-c4ccccc4)c(C)nn23)cc1. The van der Waals surface area contributed by atoms with Crippen LogP contribution in [0.3, 0.4) is 0 Å².